The molecule has 2 N–H and O–H groups in total. The fraction of sp³-hybridized carbons (Fsp3) is 0.250. The normalized spacial score (nSPS) is 10.7. The van der Waals surface area contributed by atoms with Gasteiger partial charge < -0.3 is 5.73 Å². The Morgan fingerprint density at radius 2 is 2.43 bits per heavy atom. The van der Waals surface area contributed by atoms with Gasteiger partial charge in [0, 0.05) is 18.1 Å². The monoisotopic (exact) mass is 320 g/mol. The van der Waals surface area contributed by atoms with Crippen LogP contribution in [0.1, 0.15) is 10.7 Å². The molecular weight excluding hydrogens is 311 g/mol. The van der Waals surface area contributed by atoms with Crippen LogP contribution in [0.25, 0.3) is 0 Å². The van der Waals surface area contributed by atoms with E-state index in [1.54, 1.807) is 11.3 Å². The molecule has 0 saturated carbocycles. The van der Waals surface area contributed by atoms with Crippen molar-refractivity contribution in [2.75, 3.05) is 0 Å². The van der Waals surface area contributed by atoms with Crippen LogP contribution in [0.15, 0.2) is 17.8 Å². The number of aromatic nitrogens is 3. The molecule has 0 aliphatic heterocycles. The van der Waals surface area contributed by atoms with Gasteiger partial charge in [0.05, 0.1) is 22.0 Å². The lowest BCUT2D eigenvalue weighted by Gasteiger charge is -1.95. The van der Waals surface area contributed by atoms with Crippen molar-refractivity contribution in [2.24, 2.45) is 5.73 Å². The van der Waals surface area contributed by atoms with Crippen molar-refractivity contribution in [1.29, 1.82) is 0 Å². The zero-order chi connectivity index (χ0) is 9.97. The van der Waals surface area contributed by atoms with Crippen molar-refractivity contribution in [2.45, 2.75) is 13.1 Å². The zero-order valence-corrected chi connectivity index (χ0v) is 10.3. The lowest BCUT2D eigenvalue weighted by molar-refractivity contribution is 0.673. The highest BCUT2D eigenvalue weighted by atomic mass is 127. The largest absolute Gasteiger partial charge is 0.325 e. The molecule has 0 amide bonds. The number of nitrogens with zero attached hydrogens (tertiary/aromatic N) is 3. The number of halogens is 1. The van der Waals surface area contributed by atoms with E-state index in [-0.39, 0.29) is 0 Å². The molecule has 6 heteroatoms. The molecule has 0 spiro atoms. The first kappa shape index (κ1) is 10.1. The van der Waals surface area contributed by atoms with Crippen LogP contribution < -0.4 is 5.73 Å². The second kappa shape index (κ2) is 4.37. The number of rotatable bonds is 3. The fourth-order valence-corrected chi connectivity index (χ4v) is 2.22. The van der Waals surface area contributed by atoms with Crippen LogP contribution in [0.3, 0.4) is 0 Å². The second-order valence-electron chi connectivity index (χ2n) is 2.79. The maximum atomic E-state index is 5.48. The minimum absolute atomic E-state index is 0.515. The van der Waals surface area contributed by atoms with Crippen LogP contribution >= 0.6 is 33.9 Å². The van der Waals surface area contributed by atoms with E-state index in [4.69, 9.17) is 5.73 Å². The summed E-state index contributed by atoms with van der Waals surface area (Å²) in [6, 6.07) is 0. The van der Waals surface area contributed by atoms with Gasteiger partial charge in [-0.05, 0) is 22.6 Å². The molecule has 0 unspecified atom stereocenters. The van der Waals surface area contributed by atoms with E-state index in [0.717, 1.165) is 20.8 Å². The molecule has 0 aromatic carbocycles. The van der Waals surface area contributed by atoms with Crippen molar-refractivity contribution in [1.82, 2.24) is 14.8 Å². The van der Waals surface area contributed by atoms with E-state index in [9.17, 15) is 0 Å². The highest BCUT2D eigenvalue weighted by Crippen LogP contribution is 2.10. The summed E-state index contributed by atoms with van der Waals surface area (Å²) in [6.45, 7) is 1.24. The summed E-state index contributed by atoms with van der Waals surface area (Å²) in [5.41, 5.74) is 6.51. The Bertz CT molecular complexity index is 422. The van der Waals surface area contributed by atoms with E-state index in [1.807, 2.05) is 22.5 Å². The third kappa shape index (κ3) is 2.31. The number of thiazole rings is 1. The van der Waals surface area contributed by atoms with Crippen LogP contribution in [0.5, 0.6) is 0 Å². The third-order valence-corrected chi connectivity index (χ3v) is 3.18. The molecule has 2 aromatic heterocycles. The van der Waals surface area contributed by atoms with Gasteiger partial charge in [-0.1, -0.05) is 0 Å². The molecule has 0 atom stereocenters. The first-order valence-corrected chi connectivity index (χ1v) is 6.05. The van der Waals surface area contributed by atoms with Crippen LogP contribution in [0, 0.1) is 3.57 Å². The summed E-state index contributed by atoms with van der Waals surface area (Å²) < 4.78 is 3.01. The van der Waals surface area contributed by atoms with Gasteiger partial charge in [-0.2, -0.15) is 5.10 Å². The summed E-state index contributed by atoms with van der Waals surface area (Å²) in [6.07, 6.45) is 3.82. The third-order valence-electron chi connectivity index (χ3n) is 1.70. The van der Waals surface area contributed by atoms with Gasteiger partial charge >= 0.3 is 0 Å². The van der Waals surface area contributed by atoms with Gasteiger partial charge in [-0.3, -0.25) is 4.68 Å². The van der Waals surface area contributed by atoms with E-state index in [0.29, 0.717) is 6.54 Å². The summed E-state index contributed by atoms with van der Waals surface area (Å²) in [4.78, 5) is 4.36. The molecule has 2 heterocycles. The Morgan fingerprint density at radius 1 is 1.57 bits per heavy atom. The lowest BCUT2D eigenvalue weighted by Crippen LogP contribution is -2.01. The topological polar surface area (TPSA) is 56.7 Å². The molecular formula is C8H9IN4S. The van der Waals surface area contributed by atoms with Gasteiger partial charge in [-0.25, -0.2) is 4.98 Å². The van der Waals surface area contributed by atoms with E-state index in [1.165, 1.54) is 0 Å². The van der Waals surface area contributed by atoms with Crippen LogP contribution in [0.2, 0.25) is 0 Å². The minimum Gasteiger partial charge on any atom is -0.325 e. The molecule has 2 rings (SSSR count). The Kier molecular flexibility index (Phi) is 3.14. The number of nitrogens with two attached hydrogens (primary N) is 1. The van der Waals surface area contributed by atoms with Crippen molar-refractivity contribution < 1.29 is 0 Å². The second-order valence-corrected chi connectivity index (χ2v) is 4.98. The number of hydrogen-bond donors (Lipinski definition) is 1. The average Bonchev–Trinajstić information content (AvgIpc) is 2.76. The van der Waals surface area contributed by atoms with Crippen molar-refractivity contribution >= 4 is 33.9 Å². The fourth-order valence-electron chi connectivity index (χ4n) is 1.11. The van der Waals surface area contributed by atoms with Gasteiger partial charge in [0.1, 0.15) is 5.01 Å². The Labute approximate surface area is 99.3 Å². The van der Waals surface area contributed by atoms with Crippen LogP contribution in [-0.2, 0) is 13.1 Å². The molecule has 0 bridgehead atoms. The summed E-state index contributed by atoms with van der Waals surface area (Å²) in [7, 11) is 0. The van der Waals surface area contributed by atoms with Crippen molar-refractivity contribution in [3.05, 3.63) is 32.0 Å². The first-order valence-electron chi connectivity index (χ1n) is 4.09. The van der Waals surface area contributed by atoms with Crippen LogP contribution in [-0.4, -0.2) is 14.8 Å². The molecule has 0 radical (unpaired) electrons. The SMILES string of the molecule is NCc1nc(Cn2cc(I)cn2)cs1. The zero-order valence-electron chi connectivity index (χ0n) is 7.35. The quantitative estimate of drug-likeness (QED) is 0.871. The summed E-state index contributed by atoms with van der Waals surface area (Å²) in [5.74, 6) is 0. The highest BCUT2D eigenvalue weighted by Gasteiger charge is 2.02. The van der Waals surface area contributed by atoms with Gasteiger partial charge in [0.15, 0.2) is 0 Å². The summed E-state index contributed by atoms with van der Waals surface area (Å²) in [5, 5.41) is 7.19. The van der Waals surface area contributed by atoms with Gasteiger partial charge in [0.25, 0.3) is 0 Å². The van der Waals surface area contributed by atoms with Crippen molar-refractivity contribution in [3.8, 4) is 0 Å². The average molecular weight is 320 g/mol. The molecule has 74 valence electrons. The molecule has 0 saturated heterocycles. The predicted molar refractivity (Wildman–Crippen MR) is 64.1 cm³/mol. The molecule has 0 aliphatic rings. The van der Waals surface area contributed by atoms with Gasteiger partial charge in [-0.15, -0.1) is 11.3 Å². The maximum absolute atomic E-state index is 5.48. The standard InChI is InChI=1S/C8H9IN4S/c9-6-2-11-13(3-6)4-7-5-14-8(1-10)12-7/h2-3,5H,1,4,10H2. The smallest absolute Gasteiger partial charge is 0.107 e. The van der Waals surface area contributed by atoms with Gasteiger partial charge in [0.2, 0.25) is 0 Å². The van der Waals surface area contributed by atoms with E-state index < -0.39 is 0 Å². The lowest BCUT2D eigenvalue weighted by atomic mass is 10.5. The Balaban J connectivity index is 2.10. The predicted octanol–water partition coefficient (Wildman–Crippen LogP) is 1.45. The van der Waals surface area contributed by atoms with Crippen molar-refractivity contribution in [3.63, 3.8) is 0 Å². The van der Waals surface area contributed by atoms with Crippen LogP contribution in [0.4, 0.5) is 0 Å². The molecule has 2 aromatic rings. The molecule has 0 aliphatic carbocycles. The Hall–Kier alpha value is -0.470. The molecule has 4 nitrogen and oxygen atoms in total. The molecule has 0 fully saturated rings. The molecule has 14 heavy (non-hydrogen) atoms. The highest BCUT2D eigenvalue weighted by molar-refractivity contribution is 14.1. The van der Waals surface area contributed by atoms with E-state index in [2.05, 4.69) is 32.7 Å². The number of hydrogen-bond acceptors (Lipinski definition) is 4. The summed E-state index contributed by atoms with van der Waals surface area (Å²) >= 11 is 3.83. The minimum atomic E-state index is 0.515. The Morgan fingerprint density at radius 3 is 3.00 bits per heavy atom. The first-order chi connectivity index (χ1) is 6.78. The van der Waals surface area contributed by atoms with E-state index >= 15 is 0 Å². The maximum Gasteiger partial charge on any atom is 0.107 e.